The molecule has 0 bridgehead atoms. The Labute approximate surface area is 204 Å². The van der Waals surface area contributed by atoms with E-state index in [2.05, 4.69) is 30.9 Å². The Morgan fingerprint density at radius 3 is 2.91 bits per heavy atom. The normalized spacial score (nSPS) is 22.7. The quantitative estimate of drug-likeness (QED) is 0.364. The van der Waals surface area contributed by atoms with Gasteiger partial charge in [0.05, 0.1) is 21.2 Å². The Hall–Kier alpha value is -3.15. The van der Waals surface area contributed by atoms with Crippen LogP contribution in [-0.4, -0.2) is 52.0 Å². The zero-order valence-electron chi connectivity index (χ0n) is 20.2. The van der Waals surface area contributed by atoms with Gasteiger partial charge in [-0.2, -0.15) is 10.2 Å². The number of nitrogens with zero attached hydrogens (tertiary/aromatic N) is 4. The van der Waals surface area contributed by atoms with Gasteiger partial charge in [0.25, 0.3) is 0 Å². The largest absolute Gasteiger partial charge is 0.446 e. The molecule has 2 saturated carbocycles. The summed E-state index contributed by atoms with van der Waals surface area (Å²) in [5.74, 6) is 1.53. The summed E-state index contributed by atoms with van der Waals surface area (Å²) < 4.78 is 27.9. The van der Waals surface area contributed by atoms with Gasteiger partial charge in [-0.1, -0.05) is 13.8 Å². The molecular formula is C23H32N8O3S. The summed E-state index contributed by atoms with van der Waals surface area (Å²) in [7, 11) is -2.76. The molecule has 5 rings (SSSR count). The number of H-pyrrole nitrogens is 1. The first-order valence-electron chi connectivity index (χ1n) is 12.0. The van der Waals surface area contributed by atoms with Gasteiger partial charge in [-0.25, -0.2) is 18.5 Å². The molecule has 35 heavy (non-hydrogen) atoms. The average Bonchev–Trinajstić information content (AvgIpc) is 3.20. The third kappa shape index (κ3) is 5.26. The molecule has 2 fully saturated rings. The van der Waals surface area contributed by atoms with E-state index in [1.54, 1.807) is 30.8 Å². The van der Waals surface area contributed by atoms with Crippen molar-refractivity contribution in [1.82, 2.24) is 30.1 Å². The highest BCUT2D eigenvalue weighted by molar-refractivity contribution is 7.92. The maximum atomic E-state index is 12.5. The van der Waals surface area contributed by atoms with E-state index < -0.39 is 9.73 Å². The van der Waals surface area contributed by atoms with Crippen LogP contribution in [0.5, 0.6) is 0 Å². The van der Waals surface area contributed by atoms with Crippen molar-refractivity contribution in [3.8, 4) is 0 Å². The number of hydrogen-bond acceptors (Lipinski definition) is 8. The summed E-state index contributed by atoms with van der Waals surface area (Å²) in [5, 5.41) is 17.9. The Balaban J connectivity index is 1.23. The van der Waals surface area contributed by atoms with Crippen molar-refractivity contribution in [2.24, 2.45) is 0 Å². The number of amides is 1. The van der Waals surface area contributed by atoms with E-state index in [0.717, 1.165) is 43.3 Å². The van der Waals surface area contributed by atoms with Crippen LogP contribution in [0.4, 0.5) is 16.4 Å². The first-order valence-corrected chi connectivity index (χ1v) is 13.8. The third-order valence-electron chi connectivity index (χ3n) is 6.91. The lowest BCUT2D eigenvalue weighted by Crippen LogP contribution is -2.36. The Morgan fingerprint density at radius 2 is 2.17 bits per heavy atom. The van der Waals surface area contributed by atoms with Crippen molar-refractivity contribution < 1.29 is 13.7 Å². The Bertz CT molecular complexity index is 1340. The Morgan fingerprint density at radius 1 is 1.37 bits per heavy atom. The smallest absolute Gasteiger partial charge is 0.407 e. The molecule has 1 amide bonds. The standard InChI is InChI=1S/C23H32N8O3S/c1-14(2)35(24,33)13-16-11-19-21(25-8-9-31(19)30-16)26-20-12-18(28-29-20)15-4-5-17(10-15)34-22(32)27-23(3)6-7-23/h8-9,11-12,14-15,17,24H,4-7,10,13H2,1-3H3,(H,27,32)(H2,25,26,28,29). The van der Waals surface area contributed by atoms with Crippen LogP contribution in [0.3, 0.4) is 0 Å². The van der Waals surface area contributed by atoms with Crippen molar-refractivity contribution in [3.05, 3.63) is 35.9 Å². The molecule has 2 aliphatic carbocycles. The van der Waals surface area contributed by atoms with E-state index in [1.807, 2.05) is 19.1 Å². The number of carbonyl (C=O) groups is 1. The van der Waals surface area contributed by atoms with Gasteiger partial charge in [-0.05, 0) is 45.1 Å². The van der Waals surface area contributed by atoms with Crippen LogP contribution in [0.2, 0.25) is 0 Å². The minimum Gasteiger partial charge on any atom is -0.446 e. The van der Waals surface area contributed by atoms with Gasteiger partial charge in [0.15, 0.2) is 11.6 Å². The monoisotopic (exact) mass is 500 g/mol. The molecule has 2 aliphatic rings. The third-order valence-corrected chi connectivity index (χ3v) is 9.16. The molecule has 0 saturated heterocycles. The molecule has 12 heteroatoms. The van der Waals surface area contributed by atoms with E-state index in [1.165, 1.54) is 0 Å². The summed E-state index contributed by atoms with van der Waals surface area (Å²) >= 11 is 0. The number of ether oxygens (including phenoxy) is 1. The summed E-state index contributed by atoms with van der Waals surface area (Å²) in [6.07, 6.45) is 7.44. The maximum absolute atomic E-state index is 12.5. The predicted octanol–water partition coefficient (Wildman–Crippen LogP) is 4.07. The highest BCUT2D eigenvalue weighted by Gasteiger charge is 2.40. The first-order chi connectivity index (χ1) is 16.6. The molecule has 3 atom stereocenters. The van der Waals surface area contributed by atoms with Crippen LogP contribution in [0.25, 0.3) is 5.52 Å². The molecule has 11 nitrogen and oxygen atoms in total. The van der Waals surface area contributed by atoms with E-state index in [9.17, 15) is 9.00 Å². The molecule has 3 heterocycles. The van der Waals surface area contributed by atoms with Gasteiger partial charge in [0.2, 0.25) is 0 Å². The number of fused-ring (bicyclic) bond motifs is 1. The maximum Gasteiger partial charge on any atom is 0.407 e. The van der Waals surface area contributed by atoms with Gasteiger partial charge in [-0.3, -0.25) is 9.88 Å². The van der Waals surface area contributed by atoms with Gasteiger partial charge >= 0.3 is 6.09 Å². The predicted molar refractivity (Wildman–Crippen MR) is 132 cm³/mol. The van der Waals surface area contributed by atoms with Crippen LogP contribution in [0.15, 0.2) is 24.5 Å². The molecule has 4 N–H and O–H groups in total. The van der Waals surface area contributed by atoms with Crippen molar-refractivity contribution >= 4 is 33.0 Å². The lowest BCUT2D eigenvalue weighted by Gasteiger charge is -2.16. The number of hydrogen-bond donors (Lipinski definition) is 4. The zero-order chi connectivity index (χ0) is 24.8. The van der Waals surface area contributed by atoms with E-state index in [0.29, 0.717) is 17.3 Å². The van der Waals surface area contributed by atoms with Gasteiger partial charge in [0, 0.05) is 40.9 Å². The van der Waals surface area contributed by atoms with Crippen LogP contribution >= 0.6 is 0 Å². The lowest BCUT2D eigenvalue weighted by atomic mass is 10.0. The summed E-state index contributed by atoms with van der Waals surface area (Å²) in [6.45, 7) is 5.61. The molecule has 3 aromatic heterocycles. The average molecular weight is 501 g/mol. The number of alkyl carbamates (subject to hydrolysis) is 1. The molecule has 0 aliphatic heterocycles. The second kappa shape index (κ2) is 8.81. The zero-order valence-corrected chi connectivity index (χ0v) is 21.0. The molecule has 3 unspecified atom stereocenters. The molecule has 0 spiro atoms. The highest BCUT2D eigenvalue weighted by atomic mass is 32.2. The fourth-order valence-electron chi connectivity index (χ4n) is 4.33. The second-order valence-corrected chi connectivity index (χ2v) is 12.9. The van der Waals surface area contributed by atoms with Crippen molar-refractivity contribution in [1.29, 1.82) is 4.78 Å². The molecule has 188 valence electrons. The van der Waals surface area contributed by atoms with Gasteiger partial charge in [-0.15, -0.1) is 0 Å². The minimum absolute atomic E-state index is 0.0822. The highest BCUT2D eigenvalue weighted by Crippen LogP contribution is 2.37. The number of nitrogens with one attached hydrogen (secondary N) is 4. The number of aromatic nitrogens is 5. The molecule has 3 aromatic rings. The lowest BCUT2D eigenvalue weighted by molar-refractivity contribution is 0.0967. The molecule has 0 radical (unpaired) electrons. The molecule has 0 aromatic carbocycles. The van der Waals surface area contributed by atoms with Crippen LogP contribution in [0.1, 0.15) is 70.2 Å². The van der Waals surface area contributed by atoms with Crippen molar-refractivity contribution in [2.45, 2.75) is 81.4 Å². The SMILES string of the molecule is CC(C)S(=N)(=O)Cc1cc2c(Nc3cc(C4CCC(OC(=O)NC5(C)CC5)C4)[nH]n3)nccn2n1. The van der Waals surface area contributed by atoms with Gasteiger partial charge < -0.3 is 15.4 Å². The van der Waals surface area contributed by atoms with E-state index in [-0.39, 0.29) is 34.7 Å². The Kier molecular flexibility index (Phi) is 5.94. The number of aromatic amines is 1. The van der Waals surface area contributed by atoms with E-state index >= 15 is 0 Å². The van der Waals surface area contributed by atoms with Crippen LogP contribution in [0, 0.1) is 4.78 Å². The minimum atomic E-state index is -2.76. The number of rotatable bonds is 8. The van der Waals surface area contributed by atoms with Gasteiger partial charge in [0.1, 0.15) is 11.6 Å². The fraction of sp³-hybridized carbons (Fsp3) is 0.565. The van der Waals surface area contributed by atoms with Crippen molar-refractivity contribution in [3.63, 3.8) is 0 Å². The summed E-state index contributed by atoms with van der Waals surface area (Å²) in [4.78, 5) is 16.5. The number of carbonyl (C=O) groups excluding carboxylic acids is 1. The summed E-state index contributed by atoms with van der Waals surface area (Å²) in [6, 6.07) is 3.77. The molecular weight excluding hydrogens is 468 g/mol. The topological polar surface area (TPSA) is 150 Å². The fourth-order valence-corrected chi connectivity index (χ4v) is 5.24. The number of anilines is 2. The first kappa shape index (κ1) is 23.6. The summed E-state index contributed by atoms with van der Waals surface area (Å²) in [5.41, 5.74) is 2.21. The van der Waals surface area contributed by atoms with Crippen molar-refractivity contribution in [2.75, 3.05) is 5.32 Å². The second-order valence-electron chi connectivity index (χ2n) is 10.2. The van der Waals surface area contributed by atoms with Crippen LogP contribution in [-0.2, 0) is 20.2 Å². The van der Waals surface area contributed by atoms with E-state index in [4.69, 9.17) is 9.52 Å². The van der Waals surface area contributed by atoms with Crippen LogP contribution < -0.4 is 10.6 Å².